The van der Waals surface area contributed by atoms with Gasteiger partial charge in [-0.25, -0.2) is 0 Å². The molecule has 0 bridgehead atoms. The average molecular weight is 195 g/mol. The molecule has 78 valence electrons. The number of hydrogen-bond donors (Lipinski definition) is 1. The summed E-state index contributed by atoms with van der Waals surface area (Å²) in [6.45, 7) is 0. The number of rotatable bonds is 1. The van der Waals surface area contributed by atoms with Crippen LogP contribution in [0.2, 0.25) is 0 Å². The van der Waals surface area contributed by atoms with Crippen molar-refractivity contribution < 1.29 is 5.11 Å². The van der Waals surface area contributed by atoms with E-state index in [0.717, 1.165) is 12.8 Å². The van der Waals surface area contributed by atoms with E-state index in [9.17, 15) is 5.11 Å². The molecule has 1 spiro atoms. The van der Waals surface area contributed by atoms with E-state index >= 15 is 0 Å². The van der Waals surface area contributed by atoms with Gasteiger partial charge >= 0.3 is 0 Å². The maximum Gasteiger partial charge on any atom is 0.0544 e. The van der Waals surface area contributed by atoms with Crippen molar-refractivity contribution in [2.45, 2.75) is 57.1 Å². The van der Waals surface area contributed by atoms with Crippen LogP contribution in [-0.4, -0.2) is 17.3 Å². The SMILES string of the molecule is [N-]=[N+]=NC1CC(O)CCC12CCCC2. The molecular formula is C10H17N3O. The molecule has 2 atom stereocenters. The summed E-state index contributed by atoms with van der Waals surface area (Å²) in [5, 5.41) is 13.5. The fourth-order valence-corrected chi connectivity index (χ4v) is 3.14. The van der Waals surface area contributed by atoms with Gasteiger partial charge in [0.1, 0.15) is 0 Å². The summed E-state index contributed by atoms with van der Waals surface area (Å²) in [5.41, 5.74) is 8.77. The Kier molecular flexibility index (Phi) is 2.66. The summed E-state index contributed by atoms with van der Waals surface area (Å²) >= 11 is 0. The zero-order chi connectivity index (χ0) is 10.0. The topological polar surface area (TPSA) is 69.0 Å². The van der Waals surface area contributed by atoms with Crippen molar-refractivity contribution in [1.82, 2.24) is 0 Å². The summed E-state index contributed by atoms with van der Waals surface area (Å²) in [4.78, 5) is 2.93. The summed E-state index contributed by atoms with van der Waals surface area (Å²) in [5.74, 6) is 0. The van der Waals surface area contributed by atoms with Crippen molar-refractivity contribution in [3.63, 3.8) is 0 Å². The van der Waals surface area contributed by atoms with E-state index in [2.05, 4.69) is 10.0 Å². The van der Waals surface area contributed by atoms with Gasteiger partial charge in [0.2, 0.25) is 0 Å². The predicted molar refractivity (Wildman–Crippen MR) is 53.7 cm³/mol. The van der Waals surface area contributed by atoms with Gasteiger partial charge in [-0.2, -0.15) is 0 Å². The number of nitrogens with zero attached hydrogens (tertiary/aromatic N) is 3. The van der Waals surface area contributed by atoms with Gasteiger partial charge in [-0.1, -0.05) is 18.0 Å². The molecule has 0 aromatic heterocycles. The smallest absolute Gasteiger partial charge is 0.0544 e. The van der Waals surface area contributed by atoms with Crippen LogP contribution in [0.4, 0.5) is 0 Å². The highest BCUT2D eigenvalue weighted by molar-refractivity contribution is 4.99. The minimum absolute atomic E-state index is 0.0405. The number of aliphatic hydroxyl groups excluding tert-OH is 1. The molecule has 0 aromatic rings. The van der Waals surface area contributed by atoms with Crippen molar-refractivity contribution in [3.8, 4) is 0 Å². The van der Waals surface area contributed by atoms with Crippen LogP contribution in [0, 0.1) is 5.41 Å². The third kappa shape index (κ3) is 1.60. The van der Waals surface area contributed by atoms with E-state index in [1.54, 1.807) is 0 Å². The predicted octanol–water partition coefficient (Wildman–Crippen LogP) is 2.77. The van der Waals surface area contributed by atoms with Gasteiger partial charge in [0.25, 0.3) is 0 Å². The van der Waals surface area contributed by atoms with Crippen LogP contribution in [0.5, 0.6) is 0 Å². The highest BCUT2D eigenvalue weighted by atomic mass is 16.3. The molecule has 4 heteroatoms. The fourth-order valence-electron chi connectivity index (χ4n) is 3.14. The lowest BCUT2D eigenvalue weighted by molar-refractivity contribution is 0.0474. The maximum atomic E-state index is 9.57. The van der Waals surface area contributed by atoms with Crippen LogP contribution in [-0.2, 0) is 0 Å². The van der Waals surface area contributed by atoms with Crippen LogP contribution in [0.15, 0.2) is 5.11 Å². The second-order valence-electron chi connectivity index (χ2n) is 4.72. The summed E-state index contributed by atoms with van der Waals surface area (Å²) in [7, 11) is 0. The third-order valence-electron chi connectivity index (χ3n) is 3.97. The molecule has 0 aliphatic heterocycles. The van der Waals surface area contributed by atoms with Crippen LogP contribution < -0.4 is 0 Å². The maximum absolute atomic E-state index is 9.57. The number of hydrogen-bond acceptors (Lipinski definition) is 2. The standard InChI is InChI=1S/C10H17N3O/c11-13-12-9-7-8(14)3-6-10(9)4-1-2-5-10/h8-9,14H,1-7H2. The van der Waals surface area contributed by atoms with Crippen LogP contribution in [0.3, 0.4) is 0 Å². The zero-order valence-electron chi connectivity index (χ0n) is 8.39. The number of azide groups is 1. The average Bonchev–Trinajstić information content (AvgIpc) is 2.62. The Morgan fingerprint density at radius 3 is 2.64 bits per heavy atom. The Morgan fingerprint density at radius 1 is 1.29 bits per heavy atom. The number of aliphatic hydroxyl groups is 1. The summed E-state index contributed by atoms with van der Waals surface area (Å²) < 4.78 is 0. The van der Waals surface area contributed by atoms with E-state index in [-0.39, 0.29) is 17.6 Å². The van der Waals surface area contributed by atoms with Crippen molar-refractivity contribution >= 4 is 0 Å². The van der Waals surface area contributed by atoms with Gasteiger partial charge in [-0.3, -0.25) is 0 Å². The molecule has 1 N–H and O–H groups in total. The molecule has 2 aliphatic carbocycles. The summed E-state index contributed by atoms with van der Waals surface area (Å²) in [6, 6.07) is 0.0405. The van der Waals surface area contributed by atoms with E-state index in [0.29, 0.717) is 6.42 Å². The van der Waals surface area contributed by atoms with Crippen molar-refractivity contribution in [3.05, 3.63) is 10.4 Å². The minimum Gasteiger partial charge on any atom is -0.393 e. The first-order valence-corrected chi connectivity index (χ1v) is 5.49. The quantitative estimate of drug-likeness (QED) is 0.390. The molecule has 0 amide bonds. The lowest BCUT2D eigenvalue weighted by atomic mass is 9.68. The van der Waals surface area contributed by atoms with Crippen LogP contribution in [0.25, 0.3) is 10.4 Å². The molecule has 0 aromatic carbocycles. The van der Waals surface area contributed by atoms with Gasteiger partial charge < -0.3 is 5.11 Å². The Hall–Kier alpha value is -0.730. The van der Waals surface area contributed by atoms with Crippen molar-refractivity contribution in [1.29, 1.82) is 0 Å². The van der Waals surface area contributed by atoms with E-state index in [1.807, 2.05) is 0 Å². The Bertz CT molecular complexity index is 254. The molecule has 0 saturated heterocycles. The third-order valence-corrected chi connectivity index (χ3v) is 3.97. The Balaban J connectivity index is 2.16. The first-order valence-electron chi connectivity index (χ1n) is 5.49. The molecule has 2 aliphatic rings. The van der Waals surface area contributed by atoms with E-state index in [4.69, 9.17) is 5.53 Å². The van der Waals surface area contributed by atoms with E-state index in [1.165, 1.54) is 25.7 Å². The van der Waals surface area contributed by atoms with Crippen LogP contribution >= 0.6 is 0 Å². The molecule has 0 radical (unpaired) electrons. The molecule has 2 fully saturated rings. The van der Waals surface area contributed by atoms with Gasteiger partial charge in [0.05, 0.1) is 6.10 Å². The van der Waals surface area contributed by atoms with Crippen molar-refractivity contribution in [2.24, 2.45) is 10.5 Å². The fraction of sp³-hybridized carbons (Fsp3) is 1.00. The van der Waals surface area contributed by atoms with E-state index < -0.39 is 0 Å². The monoisotopic (exact) mass is 195 g/mol. The van der Waals surface area contributed by atoms with Crippen LogP contribution in [0.1, 0.15) is 44.9 Å². The molecule has 14 heavy (non-hydrogen) atoms. The van der Waals surface area contributed by atoms with Gasteiger partial charge in [0.15, 0.2) is 0 Å². The van der Waals surface area contributed by atoms with Crippen molar-refractivity contribution in [2.75, 3.05) is 0 Å². The Labute approximate surface area is 83.9 Å². The second kappa shape index (κ2) is 3.79. The molecule has 4 nitrogen and oxygen atoms in total. The molecule has 2 rings (SSSR count). The zero-order valence-corrected chi connectivity index (χ0v) is 8.39. The highest BCUT2D eigenvalue weighted by Gasteiger charge is 2.44. The first kappa shape index (κ1) is 9.81. The van der Waals surface area contributed by atoms with Gasteiger partial charge in [-0.15, -0.1) is 0 Å². The second-order valence-corrected chi connectivity index (χ2v) is 4.72. The molecule has 2 unspecified atom stereocenters. The molecular weight excluding hydrogens is 178 g/mol. The normalized spacial score (nSPS) is 35.5. The lowest BCUT2D eigenvalue weighted by Crippen LogP contribution is -2.39. The summed E-state index contributed by atoms with van der Waals surface area (Å²) in [6.07, 6.45) is 7.23. The molecule has 2 saturated carbocycles. The molecule has 0 heterocycles. The minimum atomic E-state index is -0.253. The van der Waals surface area contributed by atoms with Gasteiger partial charge in [0, 0.05) is 11.0 Å². The highest BCUT2D eigenvalue weighted by Crippen LogP contribution is 2.50. The largest absolute Gasteiger partial charge is 0.393 e. The lowest BCUT2D eigenvalue weighted by Gasteiger charge is -2.40. The van der Waals surface area contributed by atoms with Gasteiger partial charge in [-0.05, 0) is 43.1 Å². The Morgan fingerprint density at radius 2 is 2.00 bits per heavy atom. The first-order chi connectivity index (χ1) is 6.77.